The van der Waals surface area contributed by atoms with Crippen molar-refractivity contribution in [1.29, 1.82) is 5.26 Å². The first-order valence-electron chi connectivity index (χ1n) is 6.50. The minimum Gasteiger partial charge on any atom is -0.345 e. The summed E-state index contributed by atoms with van der Waals surface area (Å²) in [6.07, 6.45) is 1.98. The van der Waals surface area contributed by atoms with Gasteiger partial charge in [-0.2, -0.15) is 5.26 Å². The van der Waals surface area contributed by atoms with Crippen LogP contribution in [0.5, 0.6) is 0 Å². The van der Waals surface area contributed by atoms with Crippen molar-refractivity contribution in [3.8, 4) is 6.07 Å². The summed E-state index contributed by atoms with van der Waals surface area (Å²) in [5.41, 5.74) is 2.38. The minimum absolute atomic E-state index is 0.211. The summed E-state index contributed by atoms with van der Waals surface area (Å²) in [6.45, 7) is 7.15. The molecule has 2 nitrogen and oxygen atoms in total. The molecule has 2 heteroatoms. The predicted molar refractivity (Wildman–Crippen MR) is 75.3 cm³/mol. The van der Waals surface area contributed by atoms with Gasteiger partial charge in [0.1, 0.15) is 0 Å². The van der Waals surface area contributed by atoms with Gasteiger partial charge in [0.2, 0.25) is 0 Å². The molecule has 0 fully saturated rings. The van der Waals surface area contributed by atoms with E-state index in [-0.39, 0.29) is 5.41 Å². The number of nitriles is 1. The smallest absolute Gasteiger partial charge is 0.0683 e. The molecule has 1 aromatic heterocycles. The number of rotatable bonds is 4. The normalized spacial score (nSPS) is 11.7. The molecule has 1 aromatic carbocycles. The molecule has 0 saturated heterocycles. The second-order valence-electron chi connectivity index (χ2n) is 5.60. The van der Waals surface area contributed by atoms with E-state index in [9.17, 15) is 0 Å². The van der Waals surface area contributed by atoms with Gasteiger partial charge in [-0.25, -0.2) is 0 Å². The number of fused-ring (bicyclic) bond motifs is 1. The summed E-state index contributed by atoms with van der Waals surface area (Å²) in [4.78, 5) is 0. The Bertz CT molecular complexity index is 585. The highest BCUT2D eigenvalue weighted by atomic mass is 15.0. The molecule has 94 valence electrons. The van der Waals surface area contributed by atoms with Crippen LogP contribution < -0.4 is 0 Å². The standard InChI is InChI=1S/C16H20N2/c1-13-11-14-7-4-5-8-15(14)18(13)10-6-9-16(2,3)12-17/h4-5,7-8,11H,6,9-10H2,1-3H3. The molecular formula is C16H20N2. The van der Waals surface area contributed by atoms with E-state index in [0.717, 1.165) is 19.4 Å². The molecule has 2 aromatic rings. The van der Waals surface area contributed by atoms with Crippen molar-refractivity contribution in [3.63, 3.8) is 0 Å². The molecule has 0 aliphatic carbocycles. The second-order valence-corrected chi connectivity index (χ2v) is 5.60. The van der Waals surface area contributed by atoms with Crippen molar-refractivity contribution in [2.24, 2.45) is 5.41 Å². The molecule has 2 rings (SSSR count). The van der Waals surface area contributed by atoms with Gasteiger partial charge in [0, 0.05) is 17.8 Å². The highest BCUT2D eigenvalue weighted by Crippen LogP contribution is 2.24. The van der Waals surface area contributed by atoms with E-state index in [1.807, 2.05) is 13.8 Å². The van der Waals surface area contributed by atoms with E-state index in [2.05, 4.69) is 47.9 Å². The van der Waals surface area contributed by atoms with Crippen LogP contribution in [0.2, 0.25) is 0 Å². The number of nitrogens with zero attached hydrogens (tertiary/aromatic N) is 2. The van der Waals surface area contributed by atoms with Crippen molar-refractivity contribution in [1.82, 2.24) is 4.57 Å². The lowest BCUT2D eigenvalue weighted by Gasteiger charge is -2.15. The van der Waals surface area contributed by atoms with Crippen LogP contribution in [-0.4, -0.2) is 4.57 Å². The Kier molecular flexibility index (Phi) is 3.43. The highest BCUT2D eigenvalue weighted by Gasteiger charge is 2.16. The number of benzene rings is 1. The van der Waals surface area contributed by atoms with Gasteiger partial charge in [0.05, 0.1) is 11.5 Å². The molecule has 0 atom stereocenters. The van der Waals surface area contributed by atoms with Crippen molar-refractivity contribution in [3.05, 3.63) is 36.0 Å². The number of aryl methyl sites for hydroxylation is 2. The van der Waals surface area contributed by atoms with Gasteiger partial charge in [-0.1, -0.05) is 18.2 Å². The van der Waals surface area contributed by atoms with Gasteiger partial charge >= 0.3 is 0 Å². The first-order valence-corrected chi connectivity index (χ1v) is 6.50. The fourth-order valence-corrected chi connectivity index (χ4v) is 2.38. The van der Waals surface area contributed by atoms with E-state index in [0.29, 0.717) is 0 Å². The van der Waals surface area contributed by atoms with E-state index >= 15 is 0 Å². The highest BCUT2D eigenvalue weighted by molar-refractivity contribution is 5.81. The van der Waals surface area contributed by atoms with Crippen molar-refractivity contribution >= 4 is 10.9 Å². The third kappa shape index (κ3) is 2.56. The quantitative estimate of drug-likeness (QED) is 0.784. The summed E-state index contributed by atoms with van der Waals surface area (Å²) < 4.78 is 2.35. The van der Waals surface area contributed by atoms with Gasteiger partial charge in [0.15, 0.2) is 0 Å². The van der Waals surface area contributed by atoms with Gasteiger partial charge in [0.25, 0.3) is 0 Å². The maximum atomic E-state index is 9.02. The molecule has 0 amide bonds. The van der Waals surface area contributed by atoms with Crippen LogP contribution >= 0.6 is 0 Å². The summed E-state index contributed by atoms with van der Waals surface area (Å²) in [5.74, 6) is 0. The third-order valence-corrected chi connectivity index (χ3v) is 3.50. The Morgan fingerprint density at radius 3 is 2.72 bits per heavy atom. The molecular weight excluding hydrogens is 220 g/mol. The lowest BCUT2D eigenvalue weighted by molar-refractivity contribution is 0.416. The summed E-state index contributed by atoms with van der Waals surface area (Å²) in [6, 6.07) is 13.1. The molecule has 18 heavy (non-hydrogen) atoms. The van der Waals surface area contributed by atoms with Crippen molar-refractivity contribution in [2.75, 3.05) is 0 Å². The molecule has 0 unspecified atom stereocenters. The Hall–Kier alpha value is -1.75. The fraction of sp³-hybridized carbons (Fsp3) is 0.438. The lowest BCUT2D eigenvalue weighted by Crippen LogP contribution is -2.10. The minimum atomic E-state index is -0.211. The van der Waals surface area contributed by atoms with Crippen LogP contribution in [0.1, 0.15) is 32.4 Å². The predicted octanol–water partition coefficient (Wildman–Crippen LogP) is 4.28. The third-order valence-electron chi connectivity index (χ3n) is 3.50. The molecule has 0 aliphatic rings. The molecule has 0 radical (unpaired) electrons. The van der Waals surface area contributed by atoms with Crippen LogP contribution in [0.25, 0.3) is 10.9 Å². The Balaban J connectivity index is 2.13. The zero-order valence-electron chi connectivity index (χ0n) is 11.4. The van der Waals surface area contributed by atoms with E-state index < -0.39 is 0 Å². The van der Waals surface area contributed by atoms with E-state index in [4.69, 9.17) is 5.26 Å². The van der Waals surface area contributed by atoms with Crippen LogP contribution in [-0.2, 0) is 6.54 Å². The zero-order chi connectivity index (χ0) is 13.2. The average molecular weight is 240 g/mol. The van der Waals surface area contributed by atoms with Crippen molar-refractivity contribution < 1.29 is 0 Å². The maximum absolute atomic E-state index is 9.02. The first kappa shape index (κ1) is 12.7. The Labute approximate surface area is 109 Å². The van der Waals surface area contributed by atoms with Gasteiger partial charge in [-0.15, -0.1) is 0 Å². The molecule has 0 saturated carbocycles. The van der Waals surface area contributed by atoms with E-state index in [1.165, 1.54) is 16.6 Å². The number of hydrogen-bond acceptors (Lipinski definition) is 1. The van der Waals surface area contributed by atoms with Crippen LogP contribution in [0.4, 0.5) is 0 Å². The van der Waals surface area contributed by atoms with E-state index in [1.54, 1.807) is 0 Å². The Morgan fingerprint density at radius 2 is 2.00 bits per heavy atom. The number of aromatic nitrogens is 1. The Morgan fingerprint density at radius 1 is 1.28 bits per heavy atom. The fourth-order valence-electron chi connectivity index (χ4n) is 2.38. The molecule has 0 spiro atoms. The summed E-state index contributed by atoms with van der Waals surface area (Å²) in [5, 5.41) is 10.3. The number of para-hydroxylation sites is 1. The lowest BCUT2D eigenvalue weighted by atomic mass is 9.90. The second kappa shape index (κ2) is 4.86. The first-order chi connectivity index (χ1) is 8.53. The maximum Gasteiger partial charge on any atom is 0.0683 e. The summed E-state index contributed by atoms with van der Waals surface area (Å²) >= 11 is 0. The molecule has 0 bridgehead atoms. The summed E-state index contributed by atoms with van der Waals surface area (Å²) in [7, 11) is 0. The number of hydrogen-bond donors (Lipinski definition) is 0. The largest absolute Gasteiger partial charge is 0.345 e. The van der Waals surface area contributed by atoms with Gasteiger partial charge in [-0.3, -0.25) is 0 Å². The SMILES string of the molecule is Cc1cc2ccccc2n1CCCC(C)(C)C#N. The van der Waals surface area contributed by atoms with Crippen LogP contribution in [0, 0.1) is 23.7 Å². The topological polar surface area (TPSA) is 28.7 Å². The monoisotopic (exact) mass is 240 g/mol. The van der Waals surface area contributed by atoms with Crippen molar-refractivity contribution in [2.45, 2.75) is 40.2 Å². The molecule has 1 heterocycles. The zero-order valence-corrected chi connectivity index (χ0v) is 11.4. The average Bonchev–Trinajstić information content (AvgIpc) is 2.66. The van der Waals surface area contributed by atoms with Crippen LogP contribution in [0.3, 0.4) is 0 Å². The molecule has 0 N–H and O–H groups in total. The van der Waals surface area contributed by atoms with Gasteiger partial charge in [-0.05, 0) is 51.1 Å². The molecule has 0 aliphatic heterocycles. The van der Waals surface area contributed by atoms with Crippen LogP contribution in [0.15, 0.2) is 30.3 Å². The van der Waals surface area contributed by atoms with Gasteiger partial charge < -0.3 is 4.57 Å².